The maximum atomic E-state index is 12.0. The zero-order chi connectivity index (χ0) is 15.4. The van der Waals surface area contributed by atoms with Gasteiger partial charge in [0.05, 0.1) is 23.7 Å². The average Bonchev–Trinajstić information content (AvgIpc) is 2.87. The quantitative estimate of drug-likeness (QED) is 0.713. The fourth-order valence-electron chi connectivity index (χ4n) is 2.38. The lowest BCUT2D eigenvalue weighted by Gasteiger charge is -2.15. The second-order valence-electron chi connectivity index (χ2n) is 5.02. The Kier molecular flexibility index (Phi) is 4.54. The van der Waals surface area contributed by atoms with Crippen molar-refractivity contribution in [3.8, 4) is 0 Å². The number of carbonyl (C=O) groups is 3. The van der Waals surface area contributed by atoms with E-state index in [0.717, 1.165) is 0 Å². The molecule has 1 aliphatic heterocycles. The van der Waals surface area contributed by atoms with E-state index in [-0.39, 0.29) is 18.0 Å². The number of primary amides is 1. The normalized spacial score (nSPS) is 18.4. The smallest absolute Gasteiger partial charge is 0.307 e. The van der Waals surface area contributed by atoms with E-state index in [1.54, 1.807) is 23.1 Å². The summed E-state index contributed by atoms with van der Waals surface area (Å²) in [4.78, 5) is 35.9. The maximum Gasteiger partial charge on any atom is 0.307 e. The van der Waals surface area contributed by atoms with E-state index in [1.807, 2.05) is 0 Å². The van der Waals surface area contributed by atoms with Gasteiger partial charge in [0, 0.05) is 6.54 Å². The molecule has 0 radical (unpaired) electrons. The summed E-state index contributed by atoms with van der Waals surface area (Å²) < 4.78 is 0. The van der Waals surface area contributed by atoms with Crippen molar-refractivity contribution >= 4 is 23.5 Å². The molecule has 0 saturated carbocycles. The highest BCUT2D eigenvalue weighted by molar-refractivity contribution is 6.03. The van der Waals surface area contributed by atoms with Crippen LogP contribution in [0.4, 0.5) is 5.69 Å². The lowest BCUT2D eigenvalue weighted by Crippen LogP contribution is -2.32. The van der Waals surface area contributed by atoms with Crippen LogP contribution in [-0.4, -0.2) is 47.4 Å². The fraction of sp³-hybridized carbons (Fsp3) is 0.357. The minimum atomic E-state index is -0.836. The molecule has 21 heavy (non-hydrogen) atoms. The highest BCUT2D eigenvalue weighted by Crippen LogP contribution is 2.17. The van der Waals surface area contributed by atoms with Crippen LogP contribution in [0.15, 0.2) is 24.3 Å². The fourth-order valence-corrected chi connectivity index (χ4v) is 2.38. The van der Waals surface area contributed by atoms with Crippen LogP contribution < -0.4 is 11.1 Å². The summed E-state index contributed by atoms with van der Waals surface area (Å²) in [7, 11) is 0. The number of hydrogen-bond donors (Lipinski definition) is 3. The third kappa shape index (κ3) is 3.79. The van der Waals surface area contributed by atoms with Crippen LogP contribution in [0.5, 0.6) is 0 Å². The topological polar surface area (TPSA) is 113 Å². The Bertz CT molecular complexity index is 573. The number of para-hydroxylation sites is 1. The van der Waals surface area contributed by atoms with E-state index >= 15 is 0 Å². The van der Waals surface area contributed by atoms with Crippen molar-refractivity contribution in [2.75, 3.05) is 25.0 Å². The third-order valence-electron chi connectivity index (χ3n) is 3.46. The zero-order valence-electron chi connectivity index (χ0n) is 11.4. The number of carboxylic acid groups (broad SMARTS) is 1. The molecule has 1 heterocycles. The van der Waals surface area contributed by atoms with Crippen molar-refractivity contribution in [2.45, 2.75) is 6.42 Å². The molecule has 1 aliphatic rings. The lowest BCUT2D eigenvalue weighted by atomic mass is 10.1. The molecule has 0 bridgehead atoms. The average molecular weight is 291 g/mol. The molecule has 0 aromatic heterocycles. The standard InChI is InChI=1S/C14H17N3O4/c15-13(19)10-3-1-2-4-11(10)16-12(18)8-17-6-5-9(7-17)14(20)21/h1-4,9H,5-8H2,(H2,15,19)(H,16,18)(H,20,21). The summed E-state index contributed by atoms with van der Waals surface area (Å²) in [6.45, 7) is 1.03. The van der Waals surface area contributed by atoms with Crippen LogP contribution in [-0.2, 0) is 9.59 Å². The van der Waals surface area contributed by atoms with Gasteiger partial charge in [0.15, 0.2) is 0 Å². The van der Waals surface area contributed by atoms with Crippen LogP contribution in [0.25, 0.3) is 0 Å². The molecule has 112 valence electrons. The number of carbonyl (C=O) groups excluding carboxylic acids is 2. The van der Waals surface area contributed by atoms with Crippen molar-refractivity contribution in [1.82, 2.24) is 4.90 Å². The van der Waals surface area contributed by atoms with Gasteiger partial charge >= 0.3 is 5.97 Å². The van der Waals surface area contributed by atoms with Gasteiger partial charge in [-0.25, -0.2) is 0 Å². The summed E-state index contributed by atoms with van der Waals surface area (Å²) >= 11 is 0. The van der Waals surface area contributed by atoms with Crippen molar-refractivity contribution in [1.29, 1.82) is 0 Å². The zero-order valence-corrected chi connectivity index (χ0v) is 11.4. The molecule has 1 aromatic carbocycles. The molecule has 1 aromatic rings. The van der Waals surface area contributed by atoms with E-state index in [2.05, 4.69) is 5.32 Å². The summed E-state index contributed by atoms with van der Waals surface area (Å²) in [6, 6.07) is 6.49. The van der Waals surface area contributed by atoms with Gasteiger partial charge in [0.25, 0.3) is 5.91 Å². The van der Waals surface area contributed by atoms with Gasteiger partial charge in [-0.15, -0.1) is 0 Å². The molecule has 1 atom stereocenters. The molecule has 1 unspecified atom stereocenters. The second-order valence-corrected chi connectivity index (χ2v) is 5.02. The number of anilines is 1. The Balaban J connectivity index is 1.94. The molecule has 1 saturated heterocycles. The van der Waals surface area contributed by atoms with E-state index < -0.39 is 17.8 Å². The molecule has 2 amide bonds. The van der Waals surface area contributed by atoms with Gasteiger partial charge in [-0.2, -0.15) is 0 Å². The van der Waals surface area contributed by atoms with Gasteiger partial charge < -0.3 is 16.2 Å². The Labute approximate surface area is 121 Å². The number of hydrogen-bond acceptors (Lipinski definition) is 4. The number of rotatable bonds is 5. The maximum absolute atomic E-state index is 12.0. The Hall–Kier alpha value is -2.41. The number of benzene rings is 1. The van der Waals surface area contributed by atoms with E-state index in [1.165, 1.54) is 6.07 Å². The number of nitrogens with zero attached hydrogens (tertiary/aromatic N) is 1. The second kappa shape index (κ2) is 6.36. The van der Waals surface area contributed by atoms with Gasteiger partial charge in [0.2, 0.25) is 5.91 Å². The lowest BCUT2D eigenvalue weighted by molar-refractivity contribution is -0.141. The van der Waals surface area contributed by atoms with Crippen LogP contribution >= 0.6 is 0 Å². The molecule has 0 aliphatic carbocycles. The largest absolute Gasteiger partial charge is 0.481 e. The molecule has 1 fully saturated rings. The number of aliphatic carboxylic acids is 1. The predicted octanol–water partition coefficient (Wildman–Crippen LogP) is 0.130. The first-order valence-corrected chi connectivity index (χ1v) is 6.61. The SMILES string of the molecule is NC(=O)c1ccccc1NC(=O)CN1CCC(C(=O)O)C1. The number of amides is 2. The highest BCUT2D eigenvalue weighted by atomic mass is 16.4. The van der Waals surface area contributed by atoms with Gasteiger partial charge in [-0.1, -0.05) is 12.1 Å². The molecule has 4 N–H and O–H groups in total. The van der Waals surface area contributed by atoms with Crippen molar-refractivity contribution in [3.05, 3.63) is 29.8 Å². The third-order valence-corrected chi connectivity index (χ3v) is 3.46. The van der Waals surface area contributed by atoms with E-state index in [4.69, 9.17) is 10.8 Å². The number of likely N-dealkylation sites (tertiary alicyclic amines) is 1. The molecule has 7 heteroatoms. The molecule has 0 spiro atoms. The van der Waals surface area contributed by atoms with Crippen LogP contribution in [0.2, 0.25) is 0 Å². The summed E-state index contributed by atoms with van der Waals surface area (Å²) in [5.74, 6) is -2.17. The summed E-state index contributed by atoms with van der Waals surface area (Å²) in [5, 5.41) is 11.6. The first kappa shape index (κ1) is 15.0. The van der Waals surface area contributed by atoms with E-state index in [0.29, 0.717) is 25.2 Å². The predicted molar refractivity (Wildman–Crippen MR) is 75.8 cm³/mol. The van der Waals surface area contributed by atoms with Gasteiger partial charge in [0.1, 0.15) is 0 Å². The van der Waals surface area contributed by atoms with Crippen LogP contribution in [0.1, 0.15) is 16.8 Å². The molecular formula is C14H17N3O4. The Morgan fingerprint density at radius 2 is 2.05 bits per heavy atom. The van der Waals surface area contributed by atoms with Crippen molar-refractivity contribution < 1.29 is 19.5 Å². The first-order chi connectivity index (χ1) is 9.97. The number of nitrogens with two attached hydrogens (primary N) is 1. The molecular weight excluding hydrogens is 274 g/mol. The van der Waals surface area contributed by atoms with Gasteiger partial charge in [-0.3, -0.25) is 19.3 Å². The molecule has 7 nitrogen and oxygen atoms in total. The number of carboxylic acids is 1. The summed E-state index contributed by atoms with van der Waals surface area (Å²) in [5.41, 5.74) is 5.85. The first-order valence-electron chi connectivity index (χ1n) is 6.61. The minimum absolute atomic E-state index is 0.0941. The molecule has 2 rings (SSSR count). The highest BCUT2D eigenvalue weighted by Gasteiger charge is 2.29. The van der Waals surface area contributed by atoms with Crippen molar-refractivity contribution in [3.63, 3.8) is 0 Å². The van der Waals surface area contributed by atoms with Crippen molar-refractivity contribution in [2.24, 2.45) is 11.7 Å². The number of nitrogens with one attached hydrogen (secondary N) is 1. The summed E-state index contributed by atoms with van der Waals surface area (Å²) in [6.07, 6.45) is 0.542. The minimum Gasteiger partial charge on any atom is -0.481 e. The van der Waals surface area contributed by atoms with Crippen LogP contribution in [0.3, 0.4) is 0 Å². The van der Waals surface area contributed by atoms with Gasteiger partial charge in [-0.05, 0) is 25.1 Å². The van der Waals surface area contributed by atoms with Crippen LogP contribution in [0, 0.1) is 5.92 Å². The van der Waals surface area contributed by atoms with E-state index in [9.17, 15) is 14.4 Å². The monoisotopic (exact) mass is 291 g/mol. The Morgan fingerprint density at radius 3 is 2.67 bits per heavy atom. The Morgan fingerprint density at radius 1 is 1.33 bits per heavy atom.